The molecule has 2 aromatic rings. The zero-order valence-corrected chi connectivity index (χ0v) is 20.0. The number of sulfonamides is 1. The average Bonchev–Trinajstić information content (AvgIpc) is 3.43. The van der Waals surface area contributed by atoms with Crippen LogP contribution in [-0.2, 0) is 21.2 Å². The van der Waals surface area contributed by atoms with E-state index in [9.17, 15) is 13.2 Å². The van der Waals surface area contributed by atoms with Crippen LogP contribution in [0.5, 0.6) is 0 Å². The maximum absolute atomic E-state index is 13.0. The van der Waals surface area contributed by atoms with Gasteiger partial charge in [-0.25, -0.2) is 8.42 Å². The minimum absolute atomic E-state index is 0.00587. The molecular weight excluding hydrogens is 454 g/mol. The van der Waals surface area contributed by atoms with E-state index in [1.54, 1.807) is 27.4 Å². The molecule has 168 valence electrons. The number of carbonyl (C=O) groups is 1. The van der Waals surface area contributed by atoms with Gasteiger partial charge in [-0.05, 0) is 49.4 Å². The molecule has 1 saturated heterocycles. The lowest BCUT2D eigenvalue weighted by molar-refractivity contribution is -0.116. The molecule has 0 bridgehead atoms. The van der Waals surface area contributed by atoms with Gasteiger partial charge in [0.05, 0.1) is 10.6 Å². The summed E-state index contributed by atoms with van der Waals surface area (Å²) >= 11 is 2.83. The monoisotopic (exact) mass is 481 g/mol. The summed E-state index contributed by atoms with van der Waals surface area (Å²) < 4.78 is 28.3. The standard InChI is InChI=1S/C20H27N5O3S3/c1-2-9-21-19-22-23-20(30-19)29-14-18(26)25-12-8-15-13-16(6-7-17(15)25)31(27,28)24-10-4-3-5-11-24/h6-7,13H,2-5,8-12,14H2,1H3,(H,21,22). The van der Waals surface area contributed by atoms with Crippen LogP contribution in [0.25, 0.3) is 0 Å². The minimum Gasteiger partial charge on any atom is -0.360 e. The maximum atomic E-state index is 13.0. The number of nitrogens with one attached hydrogen (secondary N) is 1. The zero-order valence-electron chi connectivity index (χ0n) is 17.5. The van der Waals surface area contributed by atoms with Gasteiger partial charge in [-0.1, -0.05) is 36.4 Å². The highest BCUT2D eigenvalue weighted by molar-refractivity contribution is 8.01. The lowest BCUT2D eigenvalue weighted by Crippen LogP contribution is -2.35. The molecule has 4 rings (SSSR count). The van der Waals surface area contributed by atoms with E-state index in [1.165, 1.54) is 23.1 Å². The molecule has 1 fully saturated rings. The van der Waals surface area contributed by atoms with Crippen LogP contribution in [0.1, 0.15) is 38.2 Å². The van der Waals surface area contributed by atoms with E-state index in [2.05, 4.69) is 22.4 Å². The number of hydrogen-bond acceptors (Lipinski definition) is 8. The molecule has 0 radical (unpaired) electrons. The molecule has 2 aliphatic heterocycles. The van der Waals surface area contributed by atoms with Crippen molar-refractivity contribution >= 4 is 49.8 Å². The highest BCUT2D eigenvalue weighted by Crippen LogP contribution is 2.33. The summed E-state index contributed by atoms with van der Waals surface area (Å²) in [6, 6.07) is 5.16. The Kier molecular flexibility index (Phi) is 7.15. The van der Waals surface area contributed by atoms with Crippen LogP contribution in [0.4, 0.5) is 10.8 Å². The van der Waals surface area contributed by atoms with Gasteiger partial charge in [0, 0.05) is 31.9 Å². The van der Waals surface area contributed by atoms with E-state index in [0.717, 1.165) is 53.0 Å². The number of carbonyl (C=O) groups excluding carboxylic acids is 1. The highest BCUT2D eigenvalue weighted by Gasteiger charge is 2.30. The number of aromatic nitrogens is 2. The van der Waals surface area contributed by atoms with E-state index in [-0.39, 0.29) is 11.7 Å². The average molecular weight is 482 g/mol. The molecule has 1 N–H and O–H groups in total. The van der Waals surface area contributed by atoms with Gasteiger partial charge in [0.15, 0.2) is 4.34 Å². The van der Waals surface area contributed by atoms with Crippen LogP contribution < -0.4 is 10.2 Å². The fourth-order valence-electron chi connectivity index (χ4n) is 3.82. The quantitative estimate of drug-likeness (QED) is 0.579. The van der Waals surface area contributed by atoms with E-state index in [0.29, 0.717) is 31.0 Å². The number of amides is 1. The number of piperidine rings is 1. The third-order valence-corrected chi connectivity index (χ3v) is 9.35. The number of thioether (sulfide) groups is 1. The molecule has 0 aliphatic carbocycles. The Bertz CT molecular complexity index is 1030. The Labute approximate surface area is 191 Å². The Hall–Kier alpha value is -1.69. The summed E-state index contributed by atoms with van der Waals surface area (Å²) in [4.78, 5) is 14.9. The van der Waals surface area contributed by atoms with Gasteiger partial charge in [-0.2, -0.15) is 4.31 Å². The molecule has 0 atom stereocenters. The van der Waals surface area contributed by atoms with E-state index < -0.39 is 10.0 Å². The first-order valence-corrected chi connectivity index (χ1v) is 13.9. The Morgan fingerprint density at radius 1 is 1.19 bits per heavy atom. The van der Waals surface area contributed by atoms with Crippen molar-refractivity contribution < 1.29 is 13.2 Å². The fraction of sp³-hybridized carbons (Fsp3) is 0.550. The second-order valence-electron chi connectivity index (χ2n) is 7.64. The minimum atomic E-state index is -3.47. The van der Waals surface area contributed by atoms with Crippen molar-refractivity contribution in [2.75, 3.05) is 42.1 Å². The molecule has 11 heteroatoms. The van der Waals surface area contributed by atoms with Crippen molar-refractivity contribution in [1.29, 1.82) is 0 Å². The number of benzene rings is 1. The van der Waals surface area contributed by atoms with E-state index in [4.69, 9.17) is 0 Å². The van der Waals surface area contributed by atoms with Crippen LogP contribution >= 0.6 is 23.1 Å². The summed E-state index contributed by atoms with van der Waals surface area (Å²) in [6.45, 7) is 4.67. The predicted octanol–water partition coefficient (Wildman–Crippen LogP) is 3.22. The van der Waals surface area contributed by atoms with Gasteiger partial charge in [0.1, 0.15) is 0 Å². The number of fused-ring (bicyclic) bond motifs is 1. The summed E-state index contributed by atoms with van der Waals surface area (Å²) in [5, 5.41) is 12.2. The van der Waals surface area contributed by atoms with E-state index in [1.807, 2.05) is 0 Å². The Morgan fingerprint density at radius 3 is 2.77 bits per heavy atom. The fourth-order valence-corrected chi connectivity index (χ4v) is 7.05. The largest absolute Gasteiger partial charge is 0.360 e. The van der Waals surface area contributed by atoms with Crippen LogP contribution in [0.3, 0.4) is 0 Å². The molecule has 1 amide bonds. The second-order valence-corrected chi connectivity index (χ2v) is 11.8. The Balaban J connectivity index is 1.40. The van der Waals surface area contributed by atoms with Gasteiger partial charge in [-0.3, -0.25) is 4.79 Å². The smallest absolute Gasteiger partial charge is 0.243 e. The normalized spacial score (nSPS) is 17.0. The van der Waals surface area contributed by atoms with Gasteiger partial charge in [0.25, 0.3) is 0 Å². The van der Waals surface area contributed by atoms with Crippen LogP contribution in [0, 0.1) is 0 Å². The molecule has 31 heavy (non-hydrogen) atoms. The molecule has 1 aromatic heterocycles. The first-order valence-electron chi connectivity index (χ1n) is 10.6. The first-order chi connectivity index (χ1) is 15.0. The molecule has 8 nitrogen and oxygen atoms in total. The molecule has 0 unspecified atom stereocenters. The highest BCUT2D eigenvalue weighted by atomic mass is 32.2. The molecule has 0 saturated carbocycles. The summed E-state index contributed by atoms with van der Waals surface area (Å²) in [5.41, 5.74) is 1.73. The number of nitrogens with zero attached hydrogens (tertiary/aromatic N) is 4. The van der Waals surface area contributed by atoms with Crippen molar-refractivity contribution in [3.05, 3.63) is 23.8 Å². The SMILES string of the molecule is CCCNc1nnc(SCC(=O)N2CCc3cc(S(=O)(=O)N4CCCCC4)ccc32)s1. The summed E-state index contributed by atoms with van der Waals surface area (Å²) in [7, 11) is -3.47. The van der Waals surface area contributed by atoms with Crippen molar-refractivity contribution in [2.24, 2.45) is 0 Å². The molecule has 1 aromatic carbocycles. The lowest BCUT2D eigenvalue weighted by Gasteiger charge is -2.26. The molecule has 3 heterocycles. The lowest BCUT2D eigenvalue weighted by atomic mass is 10.2. The van der Waals surface area contributed by atoms with Crippen LogP contribution in [0.2, 0.25) is 0 Å². The van der Waals surface area contributed by atoms with Gasteiger partial charge in [0.2, 0.25) is 21.1 Å². The van der Waals surface area contributed by atoms with Crippen molar-refractivity contribution in [3.8, 4) is 0 Å². The topological polar surface area (TPSA) is 95.5 Å². The predicted molar refractivity (Wildman–Crippen MR) is 125 cm³/mol. The number of rotatable bonds is 8. The Morgan fingerprint density at radius 2 is 2.00 bits per heavy atom. The van der Waals surface area contributed by atoms with Gasteiger partial charge >= 0.3 is 0 Å². The number of anilines is 2. The van der Waals surface area contributed by atoms with Crippen molar-refractivity contribution in [1.82, 2.24) is 14.5 Å². The maximum Gasteiger partial charge on any atom is 0.243 e. The zero-order chi connectivity index (χ0) is 21.8. The summed E-state index contributed by atoms with van der Waals surface area (Å²) in [6.07, 6.45) is 4.58. The third-order valence-electron chi connectivity index (χ3n) is 5.45. The van der Waals surface area contributed by atoms with Crippen LogP contribution in [0.15, 0.2) is 27.4 Å². The van der Waals surface area contributed by atoms with Crippen LogP contribution in [-0.4, -0.2) is 60.8 Å². The third kappa shape index (κ3) is 5.05. The molecule has 0 spiro atoms. The van der Waals surface area contributed by atoms with Gasteiger partial charge < -0.3 is 10.2 Å². The first kappa shape index (κ1) is 22.5. The second kappa shape index (κ2) is 9.85. The molecule has 2 aliphatic rings. The number of hydrogen-bond donors (Lipinski definition) is 1. The summed E-state index contributed by atoms with van der Waals surface area (Å²) in [5.74, 6) is 0.268. The van der Waals surface area contributed by atoms with E-state index >= 15 is 0 Å². The van der Waals surface area contributed by atoms with Crippen molar-refractivity contribution in [3.63, 3.8) is 0 Å². The molecular formula is C20H27N5O3S3. The van der Waals surface area contributed by atoms with Gasteiger partial charge in [-0.15, -0.1) is 10.2 Å². The van der Waals surface area contributed by atoms with Crippen molar-refractivity contribution in [2.45, 2.75) is 48.3 Å².